The average Bonchev–Trinajstić information content (AvgIpc) is 3.03. The predicted octanol–water partition coefficient (Wildman–Crippen LogP) is 1.42. The zero-order valence-electron chi connectivity index (χ0n) is 14.1. The van der Waals surface area contributed by atoms with Crippen LogP contribution in [0.5, 0.6) is 0 Å². The molecular weight excluding hydrogens is 342 g/mol. The molecule has 3 heterocycles. The van der Waals surface area contributed by atoms with E-state index in [1.165, 1.54) is 11.3 Å². The molecule has 3 rings (SSSR count). The van der Waals surface area contributed by atoms with Crippen LogP contribution in [-0.2, 0) is 9.59 Å². The topological polar surface area (TPSA) is 86.8 Å². The Labute approximate surface area is 150 Å². The highest BCUT2D eigenvalue weighted by atomic mass is 32.1. The number of urea groups is 1. The highest BCUT2D eigenvalue weighted by molar-refractivity contribution is 7.12. The molecule has 2 fully saturated rings. The van der Waals surface area contributed by atoms with Gasteiger partial charge in [0.15, 0.2) is 5.78 Å². The lowest BCUT2D eigenvalue weighted by molar-refractivity contribution is -0.139. The molecule has 4 amide bonds. The Kier molecular flexibility index (Phi) is 5.17. The molecule has 0 radical (unpaired) electrons. The summed E-state index contributed by atoms with van der Waals surface area (Å²) in [7, 11) is 0. The number of hydrogen-bond acceptors (Lipinski definition) is 5. The summed E-state index contributed by atoms with van der Waals surface area (Å²) in [6.45, 7) is 2.86. The number of carbonyl (C=O) groups excluding carboxylic acids is 4. The van der Waals surface area contributed by atoms with E-state index < -0.39 is 6.03 Å². The van der Waals surface area contributed by atoms with Crippen molar-refractivity contribution in [2.24, 2.45) is 5.92 Å². The van der Waals surface area contributed by atoms with Crippen LogP contribution in [-0.4, -0.2) is 59.6 Å². The smallest absolute Gasteiger partial charge is 0.324 e. The van der Waals surface area contributed by atoms with E-state index in [2.05, 4.69) is 5.32 Å². The van der Waals surface area contributed by atoms with E-state index in [-0.39, 0.29) is 36.5 Å². The first-order valence-electron chi connectivity index (χ1n) is 8.41. The maximum absolute atomic E-state index is 12.7. The minimum atomic E-state index is -0.525. The van der Waals surface area contributed by atoms with Gasteiger partial charge in [-0.05, 0) is 36.8 Å². The standard InChI is InChI=1S/C17H21N3O4S/c1-11-5-8-25-16(11)15(23)12-3-2-7-19(9-12)14(22)10-20-13(21)4-6-18-17(20)24/h5,8,12H,2-4,6-7,9-10H2,1H3,(H,18,24). The molecule has 1 atom stereocenters. The number of rotatable bonds is 4. The monoisotopic (exact) mass is 363 g/mol. The van der Waals surface area contributed by atoms with Crippen LogP contribution in [0.3, 0.4) is 0 Å². The Bertz CT molecular complexity index is 699. The maximum atomic E-state index is 12.7. The molecule has 1 N–H and O–H groups in total. The van der Waals surface area contributed by atoms with Crippen molar-refractivity contribution < 1.29 is 19.2 Å². The molecule has 1 aromatic heterocycles. The lowest BCUT2D eigenvalue weighted by Crippen LogP contribution is -2.54. The minimum Gasteiger partial charge on any atom is -0.340 e. The van der Waals surface area contributed by atoms with E-state index in [0.717, 1.165) is 28.2 Å². The second kappa shape index (κ2) is 7.35. The van der Waals surface area contributed by atoms with Gasteiger partial charge in [0.2, 0.25) is 11.8 Å². The van der Waals surface area contributed by atoms with Gasteiger partial charge in [0.1, 0.15) is 6.54 Å². The Morgan fingerprint density at radius 1 is 1.36 bits per heavy atom. The summed E-state index contributed by atoms with van der Waals surface area (Å²) in [6, 6.07) is 1.40. The van der Waals surface area contributed by atoms with Crippen molar-refractivity contribution >= 4 is 35.0 Å². The Hall–Kier alpha value is -2.22. The molecule has 134 valence electrons. The Morgan fingerprint density at radius 3 is 2.84 bits per heavy atom. The number of amides is 4. The number of imide groups is 1. The zero-order chi connectivity index (χ0) is 18.0. The summed E-state index contributed by atoms with van der Waals surface area (Å²) >= 11 is 1.43. The third-order valence-corrected chi connectivity index (χ3v) is 5.72. The van der Waals surface area contributed by atoms with Gasteiger partial charge < -0.3 is 10.2 Å². The lowest BCUT2D eigenvalue weighted by Gasteiger charge is -2.34. The van der Waals surface area contributed by atoms with Gasteiger partial charge in [0.25, 0.3) is 0 Å². The zero-order valence-corrected chi connectivity index (χ0v) is 14.9. The van der Waals surface area contributed by atoms with Crippen molar-refractivity contribution in [3.8, 4) is 0 Å². The van der Waals surface area contributed by atoms with Crippen LogP contribution in [0.2, 0.25) is 0 Å². The third kappa shape index (κ3) is 3.73. The van der Waals surface area contributed by atoms with Gasteiger partial charge in [-0.1, -0.05) is 0 Å². The van der Waals surface area contributed by atoms with Crippen LogP contribution >= 0.6 is 11.3 Å². The van der Waals surface area contributed by atoms with Crippen LogP contribution in [0.25, 0.3) is 0 Å². The number of carbonyl (C=O) groups is 4. The second-order valence-corrected chi connectivity index (χ2v) is 7.35. The number of nitrogens with zero attached hydrogens (tertiary/aromatic N) is 2. The van der Waals surface area contributed by atoms with E-state index in [0.29, 0.717) is 19.6 Å². The van der Waals surface area contributed by atoms with E-state index in [1.54, 1.807) is 4.90 Å². The number of likely N-dealkylation sites (tertiary alicyclic amines) is 1. The molecule has 2 saturated heterocycles. The van der Waals surface area contributed by atoms with Crippen LogP contribution in [0.1, 0.15) is 34.5 Å². The quantitative estimate of drug-likeness (QED) is 0.820. The maximum Gasteiger partial charge on any atom is 0.324 e. The van der Waals surface area contributed by atoms with E-state index in [9.17, 15) is 19.2 Å². The molecule has 8 heteroatoms. The number of hydrogen-bond donors (Lipinski definition) is 1. The van der Waals surface area contributed by atoms with Crippen molar-refractivity contribution in [1.82, 2.24) is 15.1 Å². The van der Waals surface area contributed by atoms with Crippen molar-refractivity contribution in [3.05, 3.63) is 21.9 Å². The van der Waals surface area contributed by atoms with Crippen LogP contribution in [0.15, 0.2) is 11.4 Å². The van der Waals surface area contributed by atoms with Gasteiger partial charge in [0.05, 0.1) is 4.88 Å². The van der Waals surface area contributed by atoms with Crippen molar-refractivity contribution in [1.29, 1.82) is 0 Å². The molecule has 0 aliphatic carbocycles. The number of ketones is 1. The fourth-order valence-corrected chi connectivity index (χ4v) is 4.19. The van der Waals surface area contributed by atoms with E-state index in [4.69, 9.17) is 0 Å². The van der Waals surface area contributed by atoms with Crippen molar-refractivity contribution in [3.63, 3.8) is 0 Å². The summed E-state index contributed by atoms with van der Waals surface area (Å²) in [5.74, 6) is -0.764. The number of thiophene rings is 1. The van der Waals surface area contributed by atoms with Crippen LogP contribution in [0, 0.1) is 12.8 Å². The Balaban J connectivity index is 1.63. The van der Waals surface area contributed by atoms with E-state index in [1.807, 2.05) is 18.4 Å². The van der Waals surface area contributed by atoms with Crippen LogP contribution < -0.4 is 5.32 Å². The third-order valence-electron chi connectivity index (χ3n) is 4.69. The van der Waals surface area contributed by atoms with Crippen molar-refractivity contribution in [2.45, 2.75) is 26.2 Å². The normalized spacial score (nSPS) is 21.2. The minimum absolute atomic E-state index is 0.0804. The molecule has 1 unspecified atom stereocenters. The molecule has 1 aromatic rings. The largest absolute Gasteiger partial charge is 0.340 e. The van der Waals surface area contributed by atoms with Gasteiger partial charge in [-0.2, -0.15) is 0 Å². The second-order valence-electron chi connectivity index (χ2n) is 6.44. The van der Waals surface area contributed by atoms with Gasteiger partial charge in [-0.25, -0.2) is 4.79 Å². The molecule has 0 spiro atoms. The SMILES string of the molecule is Cc1ccsc1C(=O)C1CCCN(C(=O)CN2C(=O)CCNC2=O)C1. The molecule has 0 aromatic carbocycles. The first-order chi connectivity index (χ1) is 12.0. The summed E-state index contributed by atoms with van der Waals surface area (Å²) < 4.78 is 0. The number of Topliss-reactive ketones (excluding diaryl/α,β-unsaturated/α-hetero) is 1. The van der Waals surface area contributed by atoms with Crippen LogP contribution in [0.4, 0.5) is 4.79 Å². The molecular formula is C17H21N3O4S. The van der Waals surface area contributed by atoms with Gasteiger partial charge in [0, 0.05) is 32.0 Å². The van der Waals surface area contributed by atoms with Gasteiger partial charge in [-0.3, -0.25) is 19.3 Å². The lowest BCUT2D eigenvalue weighted by atomic mass is 9.92. The average molecular weight is 363 g/mol. The highest BCUT2D eigenvalue weighted by Gasteiger charge is 2.33. The molecule has 2 aliphatic heterocycles. The molecule has 0 bridgehead atoms. The first kappa shape index (κ1) is 17.6. The summed E-state index contributed by atoms with van der Waals surface area (Å²) in [6.07, 6.45) is 1.70. The first-order valence-corrected chi connectivity index (χ1v) is 9.29. The number of aryl methyl sites for hydroxylation is 1. The summed E-state index contributed by atoms with van der Waals surface area (Å²) in [5.41, 5.74) is 0.967. The fourth-order valence-electron chi connectivity index (χ4n) is 3.24. The molecule has 0 saturated carbocycles. The summed E-state index contributed by atoms with van der Waals surface area (Å²) in [4.78, 5) is 52.1. The van der Waals surface area contributed by atoms with Crippen molar-refractivity contribution in [2.75, 3.05) is 26.2 Å². The van der Waals surface area contributed by atoms with Gasteiger partial charge in [-0.15, -0.1) is 11.3 Å². The molecule has 25 heavy (non-hydrogen) atoms. The molecule has 2 aliphatic rings. The van der Waals surface area contributed by atoms with Gasteiger partial charge >= 0.3 is 6.03 Å². The predicted molar refractivity (Wildman–Crippen MR) is 92.4 cm³/mol. The highest BCUT2D eigenvalue weighted by Crippen LogP contribution is 2.25. The number of nitrogens with one attached hydrogen (secondary N) is 1. The summed E-state index contributed by atoms with van der Waals surface area (Å²) in [5, 5.41) is 4.46. The molecule has 7 nitrogen and oxygen atoms in total. The fraction of sp³-hybridized carbons (Fsp3) is 0.529. The Morgan fingerprint density at radius 2 is 2.16 bits per heavy atom. The van der Waals surface area contributed by atoms with E-state index >= 15 is 0 Å². The number of piperidine rings is 1.